The number of nitrogen functional groups attached to an aromatic ring is 1. The molecule has 0 radical (unpaired) electrons. The monoisotopic (exact) mass is 614 g/mol. The zero-order chi connectivity index (χ0) is 31.4. The van der Waals surface area contributed by atoms with Crippen molar-refractivity contribution in [1.82, 2.24) is 5.32 Å². The number of amides is 1. The average Bonchev–Trinajstić information content (AvgIpc) is 3.24. The third kappa shape index (κ3) is 6.67. The van der Waals surface area contributed by atoms with Crippen LogP contribution in [0.2, 0.25) is 0 Å². The molecule has 0 bridgehead atoms. The van der Waals surface area contributed by atoms with Crippen LogP contribution in [0.1, 0.15) is 23.5 Å². The van der Waals surface area contributed by atoms with Gasteiger partial charge in [0, 0.05) is 29.9 Å². The number of sulfonamides is 1. The summed E-state index contributed by atoms with van der Waals surface area (Å²) in [6, 6.07) is 23.9. The van der Waals surface area contributed by atoms with Crippen molar-refractivity contribution in [1.29, 1.82) is 5.41 Å². The van der Waals surface area contributed by atoms with Crippen LogP contribution in [0.3, 0.4) is 0 Å². The molecule has 4 aromatic rings. The summed E-state index contributed by atoms with van der Waals surface area (Å²) < 4.78 is 24.2. The van der Waals surface area contributed by atoms with E-state index >= 15 is 0 Å². The van der Waals surface area contributed by atoms with Crippen LogP contribution in [0.15, 0.2) is 95.9 Å². The summed E-state index contributed by atoms with van der Waals surface area (Å²) in [7, 11) is -3.94. The lowest BCUT2D eigenvalue weighted by molar-refractivity contribution is -0.118. The van der Waals surface area contributed by atoms with Gasteiger partial charge in [-0.25, -0.2) is 13.6 Å². The smallest absolute Gasteiger partial charge is 0.238 e. The van der Waals surface area contributed by atoms with Crippen LogP contribution in [0.25, 0.3) is 11.1 Å². The highest BCUT2D eigenvalue weighted by Gasteiger charge is 2.36. The molecule has 9 N–H and O–H groups in total. The van der Waals surface area contributed by atoms with Crippen LogP contribution >= 0.6 is 0 Å². The number of hydrogen-bond acceptors (Lipinski definition) is 8. The molecule has 1 heterocycles. The van der Waals surface area contributed by atoms with E-state index < -0.39 is 22.0 Å². The first-order valence-electron chi connectivity index (χ1n) is 14.0. The molecule has 11 nitrogen and oxygen atoms in total. The van der Waals surface area contributed by atoms with Gasteiger partial charge in [-0.1, -0.05) is 42.5 Å². The lowest BCUT2D eigenvalue weighted by Crippen LogP contribution is -2.48. The number of hydrogen-bond donors (Lipinski definition) is 7. The standard InChI is InChI=1S/C32H34N6O5S/c33-31(34)22-10-15-28(40)26(18-22)38-17-3-16-36-19-27(38)30(21-8-13-24(39)14-9-21)32(41)37-23-11-6-20(7-12-23)25-4-1-2-5-29(25)44(35,42)43/h1-2,4-15,18,27,30,36,39-40H,3,16-17,19H2,(H3,33,34)(H,37,41)(H2,35,42,43). The van der Waals surface area contributed by atoms with Crippen LogP contribution in [-0.4, -0.2) is 56.0 Å². The maximum Gasteiger partial charge on any atom is 0.238 e. The van der Waals surface area contributed by atoms with Gasteiger partial charge in [-0.3, -0.25) is 10.2 Å². The SMILES string of the molecule is N=C(N)c1ccc(O)c(N2CCCNCC2C(C(=O)Nc2ccc(-c3ccccc3S(N)(=O)=O)cc2)c2ccc(O)cc2)c1. The summed E-state index contributed by atoms with van der Waals surface area (Å²) in [6.45, 7) is 1.63. The maximum absolute atomic E-state index is 14.1. The van der Waals surface area contributed by atoms with E-state index in [1.807, 2.05) is 4.90 Å². The van der Waals surface area contributed by atoms with Gasteiger partial charge in [0.05, 0.1) is 22.5 Å². The normalized spacial score (nSPS) is 16.1. The van der Waals surface area contributed by atoms with Crippen molar-refractivity contribution in [2.45, 2.75) is 23.3 Å². The number of phenols is 2. The molecule has 4 aromatic carbocycles. The quantitative estimate of drug-likeness (QED) is 0.116. The minimum absolute atomic E-state index is 0.00197. The molecule has 0 aliphatic carbocycles. The Balaban J connectivity index is 1.51. The van der Waals surface area contributed by atoms with Crippen molar-refractivity contribution in [2.24, 2.45) is 10.9 Å². The number of rotatable bonds is 8. The molecule has 0 saturated carbocycles. The number of carbonyl (C=O) groups excluding carboxylic acids is 1. The zero-order valence-electron chi connectivity index (χ0n) is 23.8. The largest absolute Gasteiger partial charge is 0.508 e. The van der Waals surface area contributed by atoms with Gasteiger partial charge in [-0.2, -0.15) is 0 Å². The average molecular weight is 615 g/mol. The Bertz CT molecular complexity index is 1780. The van der Waals surface area contributed by atoms with E-state index in [1.54, 1.807) is 66.7 Å². The summed E-state index contributed by atoms with van der Waals surface area (Å²) in [5.41, 5.74) is 8.86. The van der Waals surface area contributed by atoms with Gasteiger partial charge < -0.3 is 31.5 Å². The molecule has 0 aromatic heterocycles. The van der Waals surface area contributed by atoms with E-state index in [4.69, 9.17) is 16.3 Å². The lowest BCUT2D eigenvalue weighted by Gasteiger charge is -2.37. The summed E-state index contributed by atoms with van der Waals surface area (Å²) >= 11 is 0. The molecule has 1 fully saturated rings. The number of aromatic hydroxyl groups is 2. The van der Waals surface area contributed by atoms with Crippen LogP contribution < -0.4 is 26.4 Å². The predicted octanol–water partition coefficient (Wildman–Crippen LogP) is 3.29. The highest BCUT2D eigenvalue weighted by Crippen LogP contribution is 2.36. The number of phenolic OH excluding ortho intramolecular Hbond substituents is 2. The minimum atomic E-state index is -3.94. The second-order valence-corrected chi connectivity index (χ2v) is 12.1. The molecule has 1 aliphatic heterocycles. The number of amidine groups is 1. The number of benzene rings is 4. The molecule has 2 atom stereocenters. The second-order valence-electron chi connectivity index (χ2n) is 10.6. The third-order valence-electron chi connectivity index (χ3n) is 7.68. The topological polar surface area (TPSA) is 195 Å². The first-order chi connectivity index (χ1) is 21.0. The molecule has 2 unspecified atom stereocenters. The molecular weight excluding hydrogens is 580 g/mol. The second kappa shape index (κ2) is 12.8. The van der Waals surface area contributed by atoms with E-state index in [0.29, 0.717) is 53.3 Å². The van der Waals surface area contributed by atoms with Crippen LogP contribution in [-0.2, 0) is 14.8 Å². The molecule has 12 heteroatoms. The van der Waals surface area contributed by atoms with Crippen LogP contribution in [0, 0.1) is 5.41 Å². The van der Waals surface area contributed by atoms with Crippen molar-refractivity contribution in [3.8, 4) is 22.6 Å². The number of nitrogens with two attached hydrogens (primary N) is 2. The Morgan fingerprint density at radius 2 is 1.70 bits per heavy atom. The molecule has 44 heavy (non-hydrogen) atoms. The fraction of sp³-hybridized carbons (Fsp3) is 0.188. The number of nitrogens with one attached hydrogen (secondary N) is 3. The highest BCUT2D eigenvalue weighted by molar-refractivity contribution is 7.89. The number of primary sulfonamides is 1. The first-order valence-corrected chi connectivity index (χ1v) is 15.5. The molecule has 1 amide bonds. The number of nitrogens with zero attached hydrogens (tertiary/aromatic N) is 1. The number of anilines is 2. The number of carbonyl (C=O) groups is 1. The Morgan fingerprint density at radius 1 is 1.00 bits per heavy atom. The zero-order valence-corrected chi connectivity index (χ0v) is 24.6. The van der Waals surface area contributed by atoms with Crippen molar-refractivity contribution in [3.63, 3.8) is 0 Å². The lowest BCUT2D eigenvalue weighted by atomic mass is 9.88. The van der Waals surface area contributed by atoms with Gasteiger partial charge in [-0.05, 0) is 72.6 Å². The van der Waals surface area contributed by atoms with Gasteiger partial charge in [0.1, 0.15) is 17.3 Å². The van der Waals surface area contributed by atoms with Crippen molar-refractivity contribution >= 4 is 33.1 Å². The molecule has 1 aliphatic rings. The fourth-order valence-electron chi connectivity index (χ4n) is 5.55. The van der Waals surface area contributed by atoms with Gasteiger partial charge >= 0.3 is 0 Å². The minimum Gasteiger partial charge on any atom is -0.508 e. The molecule has 228 valence electrons. The van der Waals surface area contributed by atoms with Crippen LogP contribution in [0.4, 0.5) is 11.4 Å². The third-order valence-corrected chi connectivity index (χ3v) is 8.65. The summed E-state index contributed by atoms with van der Waals surface area (Å²) in [5, 5.41) is 40.6. The molecule has 5 rings (SSSR count). The Hall–Kier alpha value is -4.91. The summed E-state index contributed by atoms with van der Waals surface area (Å²) in [6.07, 6.45) is 0.742. The molecular formula is C32H34N6O5S. The van der Waals surface area contributed by atoms with Gasteiger partial charge in [0.25, 0.3) is 0 Å². The molecule has 0 spiro atoms. The summed E-state index contributed by atoms with van der Waals surface area (Å²) in [5.74, 6) is -1.16. The maximum atomic E-state index is 14.1. The van der Waals surface area contributed by atoms with Crippen molar-refractivity contribution in [2.75, 3.05) is 29.9 Å². The van der Waals surface area contributed by atoms with E-state index in [1.165, 1.54) is 24.3 Å². The molecule has 1 saturated heterocycles. The van der Waals surface area contributed by atoms with E-state index in [-0.39, 0.29) is 28.1 Å². The predicted molar refractivity (Wildman–Crippen MR) is 170 cm³/mol. The highest BCUT2D eigenvalue weighted by atomic mass is 32.2. The Labute approximate surface area is 255 Å². The summed E-state index contributed by atoms with van der Waals surface area (Å²) in [4.78, 5) is 16.1. The Morgan fingerprint density at radius 3 is 2.39 bits per heavy atom. The van der Waals surface area contributed by atoms with E-state index in [0.717, 1.165) is 6.42 Å². The van der Waals surface area contributed by atoms with Crippen molar-refractivity contribution < 1.29 is 23.4 Å². The van der Waals surface area contributed by atoms with Gasteiger partial charge in [0.15, 0.2) is 0 Å². The van der Waals surface area contributed by atoms with Gasteiger partial charge in [-0.15, -0.1) is 0 Å². The fourth-order valence-corrected chi connectivity index (χ4v) is 6.32. The van der Waals surface area contributed by atoms with Crippen molar-refractivity contribution in [3.05, 3.63) is 102 Å². The first kappa shape index (κ1) is 30.5. The van der Waals surface area contributed by atoms with E-state index in [2.05, 4.69) is 10.6 Å². The van der Waals surface area contributed by atoms with Crippen LogP contribution in [0.5, 0.6) is 11.5 Å². The van der Waals surface area contributed by atoms with E-state index in [9.17, 15) is 23.4 Å². The van der Waals surface area contributed by atoms with Gasteiger partial charge in [0.2, 0.25) is 15.9 Å². The Kier molecular flexibility index (Phi) is 8.86.